The molecular formula is C72H101N5O7S2. The molecule has 17 atom stereocenters. The Labute approximate surface area is 520 Å². The summed E-state index contributed by atoms with van der Waals surface area (Å²) in [5.74, 6) is 4.28. The van der Waals surface area contributed by atoms with E-state index >= 15 is 4.79 Å². The molecule has 16 aliphatic rings. The van der Waals surface area contributed by atoms with Gasteiger partial charge < -0.3 is 46.1 Å². The van der Waals surface area contributed by atoms with Crippen LogP contribution in [0.4, 0.5) is 0 Å². The normalized spacial score (nSPS) is 44.2. The minimum Gasteiger partial charge on any atom is -0.504 e. The number of esters is 1. The van der Waals surface area contributed by atoms with Gasteiger partial charge in [0, 0.05) is 84.4 Å². The van der Waals surface area contributed by atoms with Crippen LogP contribution in [0.1, 0.15) is 227 Å². The monoisotopic (exact) mass is 1210 g/mol. The lowest BCUT2D eigenvalue weighted by molar-refractivity contribution is -0.177. The number of aliphatic hydroxyl groups is 2. The summed E-state index contributed by atoms with van der Waals surface area (Å²) >= 11 is 0. The molecule has 10 fully saturated rings. The Kier molecular flexibility index (Phi) is 15.2. The number of benzene rings is 2. The van der Waals surface area contributed by atoms with Crippen LogP contribution >= 0.6 is 21.6 Å². The number of aryl methyl sites for hydroxylation is 1. The van der Waals surface area contributed by atoms with Crippen molar-refractivity contribution < 1.29 is 34.4 Å². The van der Waals surface area contributed by atoms with Crippen LogP contribution < -0.4 is 21.1 Å². The highest BCUT2D eigenvalue weighted by atomic mass is 33.1. The van der Waals surface area contributed by atoms with Gasteiger partial charge in [-0.05, 0) is 244 Å². The zero-order valence-corrected chi connectivity index (χ0v) is 53.5. The van der Waals surface area contributed by atoms with Crippen LogP contribution in [-0.2, 0) is 27.3 Å². The van der Waals surface area contributed by atoms with Gasteiger partial charge in [-0.25, -0.2) is 0 Å². The van der Waals surface area contributed by atoms with Crippen LogP contribution in [0, 0.1) is 62.6 Å². The summed E-state index contributed by atoms with van der Waals surface area (Å²) in [5, 5.41) is 46.6. The zero-order valence-electron chi connectivity index (χ0n) is 51.9. The number of allylic oxidation sites excluding steroid dienone is 1. The number of guanidine groups is 1. The molecule has 12 nitrogen and oxygen atoms in total. The molecule has 0 radical (unpaired) electrons. The van der Waals surface area contributed by atoms with Gasteiger partial charge in [-0.2, -0.15) is 0 Å². The van der Waals surface area contributed by atoms with Gasteiger partial charge in [0.2, 0.25) is 5.91 Å². The first-order valence-electron chi connectivity index (χ1n) is 34.8. The van der Waals surface area contributed by atoms with Gasteiger partial charge in [-0.3, -0.25) is 14.6 Å². The summed E-state index contributed by atoms with van der Waals surface area (Å²) in [6.07, 6.45) is 33.7. The zero-order chi connectivity index (χ0) is 58.9. The summed E-state index contributed by atoms with van der Waals surface area (Å²) < 4.78 is 13.9. The maximum absolute atomic E-state index is 15.1. The van der Waals surface area contributed by atoms with Gasteiger partial charge in [-0.1, -0.05) is 77.3 Å². The third-order valence-electron chi connectivity index (χ3n) is 28.0. The molecule has 10 aliphatic carbocycles. The second-order valence-electron chi connectivity index (χ2n) is 31.4. The van der Waals surface area contributed by atoms with Crippen LogP contribution in [0.15, 0.2) is 53.5 Å². The van der Waals surface area contributed by atoms with Crippen molar-refractivity contribution in [3.05, 3.63) is 70.8 Å². The highest BCUT2D eigenvalue weighted by molar-refractivity contribution is 8.77. The standard InChI is InChI=1S/C72H101N5O7S2/c1-46(78)83-67-30-20-49-35-52(62(82)63-61(49)50-21-32-70(84-63)26-8-13-53(70)36-50)43-77-45-68(40-60(77)81)54(17-18-57(68)48-11-4-3-5-12-48)42-75-64(73)76-72(28-10-25-65(72)23-6-7-24-65)86-85-44-55-16-15-51(56(22-31-67)58(79)39-67)38-69(55)34-33-66(29-19-47(37-66)41-74-2)71(69)27-9-14-59(71)80/h3-5,11-12,21,32,35,47,50-51,53-59,74,79-80,82H,6-10,13-20,22-31,33-34,36-45H2,1-2H3,(H3,73,75,76). The van der Waals surface area contributed by atoms with Crippen LogP contribution in [0.5, 0.6) is 11.5 Å². The van der Waals surface area contributed by atoms with Gasteiger partial charge in [0.05, 0.1) is 12.2 Å². The van der Waals surface area contributed by atoms with E-state index in [1.54, 1.807) is 0 Å². The van der Waals surface area contributed by atoms with Crippen molar-refractivity contribution in [1.29, 1.82) is 0 Å². The van der Waals surface area contributed by atoms with E-state index in [4.69, 9.17) is 20.2 Å². The number of nitrogens with two attached hydrogens (primary N) is 1. The molecule has 7 N–H and O–H groups in total. The van der Waals surface area contributed by atoms with Crippen molar-refractivity contribution >= 4 is 39.4 Å². The topological polar surface area (TPSA) is 179 Å². The quantitative estimate of drug-likeness (QED) is 0.0971. The van der Waals surface area contributed by atoms with Crippen LogP contribution in [0.25, 0.3) is 0 Å². The molecule has 1 amide bonds. The number of aromatic hydroxyl groups is 1. The number of aliphatic hydroxyl groups excluding tert-OH is 2. The van der Waals surface area contributed by atoms with E-state index in [-0.39, 0.29) is 85.9 Å². The largest absolute Gasteiger partial charge is 0.504 e. The molecule has 6 aliphatic heterocycles. The fourth-order valence-corrected chi connectivity index (χ4v) is 28.4. The predicted octanol–water partition coefficient (Wildman–Crippen LogP) is 13.1. The average molecular weight is 1210 g/mol. The molecule has 17 unspecified atom stereocenters. The van der Waals surface area contributed by atoms with E-state index in [0.29, 0.717) is 86.1 Å². The first-order valence-corrected chi connectivity index (χ1v) is 37.1. The Morgan fingerprint density at radius 1 is 0.849 bits per heavy atom. The molecule has 14 heteroatoms. The van der Waals surface area contributed by atoms with E-state index in [2.05, 4.69) is 87.8 Å². The number of carbonyl (C=O) groups is 2. The molecule has 2 aromatic carbocycles. The van der Waals surface area contributed by atoms with Gasteiger partial charge >= 0.3 is 5.97 Å². The highest BCUT2D eigenvalue weighted by Gasteiger charge is 2.74. The molecule has 10 bridgehead atoms. The molecule has 7 spiro atoms. The summed E-state index contributed by atoms with van der Waals surface area (Å²) in [6, 6.07) is 13.0. The van der Waals surface area contributed by atoms with E-state index in [0.717, 1.165) is 120 Å². The Morgan fingerprint density at radius 3 is 2.48 bits per heavy atom. The third kappa shape index (κ3) is 9.11. The lowest BCUT2D eigenvalue weighted by Crippen LogP contribution is -2.58. The molecule has 2 aromatic rings. The van der Waals surface area contributed by atoms with Crippen molar-refractivity contribution in [3.8, 4) is 11.5 Å². The Bertz CT molecular complexity index is 2990. The number of rotatable bonds is 4. The van der Waals surface area contributed by atoms with Gasteiger partial charge in [-0.15, -0.1) is 0 Å². The van der Waals surface area contributed by atoms with E-state index in [1.165, 1.54) is 76.7 Å². The van der Waals surface area contributed by atoms with Crippen LogP contribution in [-0.4, -0.2) is 98.8 Å². The Hall–Kier alpha value is -3.43. The van der Waals surface area contributed by atoms with E-state index in [1.807, 2.05) is 4.90 Å². The number of aliphatic imine (C=N–C) groups is 1. The second-order valence-corrected chi connectivity index (χ2v) is 34.0. The maximum Gasteiger partial charge on any atom is 0.303 e. The Balaban J connectivity index is 0.833. The number of hydrogen-bond donors (Lipinski definition) is 6. The lowest BCUT2D eigenvalue weighted by Gasteiger charge is -2.61. The molecule has 18 rings (SSSR count). The van der Waals surface area contributed by atoms with E-state index in [9.17, 15) is 20.1 Å². The Morgan fingerprint density at radius 2 is 1.67 bits per heavy atom. The highest BCUT2D eigenvalue weighted by Crippen LogP contribution is 2.80. The summed E-state index contributed by atoms with van der Waals surface area (Å²) in [5.41, 5.74) is 9.84. The molecule has 0 aromatic heterocycles. The predicted molar refractivity (Wildman–Crippen MR) is 341 cm³/mol. The smallest absolute Gasteiger partial charge is 0.303 e. The number of phenols is 1. The minimum atomic E-state index is -0.865. The van der Waals surface area contributed by atoms with Crippen molar-refractivity contribution in [2.45, 2.75) is 246 Å². The molecule has 6 heterocycles. The number of hydrogen-bond acceptors (Lipinski definition) is 13. The van der Waals surface area contributed by atoms with Crippen molar-refractivity contribution in [2.75, 3.05) is 32.4 Å². The SMILES string of the molecule is CNCC1CCC2(CCC3(CC4CCC3CSSC3(CCCC35CCCC5)NC(N)=NCC3CCC(c5ccccc5)C35CC(=O)N(Cc3cc(c6c(c3O)OC37C=CC6CC3CCC7)CCC3(OC(C)=O)CCC4C(O)C3)C5)C23CCCC3O)C1. The molecule has 468 valence electrons. The van der Waals surface area contributed by atoms with Gasteiger partial charge in [0.25, 0.3) is 0 Å². The number of carbonyl (C=O) groups excluding carboxylic acids is 2. The second kappa shape index (κ2) is 22.2. The third-order valence-corrected chi connectivity index (χ3v) is 31.3. The van der Waals surface area contributed by atoms with Gasteiger partial charge in [0.15, 0.2) is 17.5 Å². The fourth-order valence-electron chi connectivity index (χ4n) is 24.4. The summed E-state index contributed by atoms with van der Waals surface area (Å²) in [7, 11) is 6.32. The molecule has 86 heavy (non-hydrogen) atoms. The first kappa shape index (κ1) is 58.9. The number of nitrogens with one attached hydrogen (secondary N) is 2. The number of nitrogens with zero attached hydrogens (tertiary/aromatic N) is 2. The molecular weight excluding hydrogens is 1110 g/mol. The molecule has 9 saturated carbocycles. The summed E-state index contributed by atoms with van der Waals surface area (Å²) in [4.78, 5) is 35.8. The molecule has 1 saturated heterocycles. The minimum absolute atomic E-state index is 0.0426. The van der Waals surface area contributed by atoms with Crippen molar-refractivity contribution in [2.24, 2.45) is 73.3 Å². The number of amides is 1. The van der Waals surface area contributed by atoms with Crippen LogP contribution in [0.2, 0.25) is 0 Å². The van der Waals surface area contributed by atoms with E-state index < -0.39 is 17.3 Å². The van der Waals surface area contributed by atoms with Gasteiger partial charge in [0.1, 0.15) is 16.1 Å². The average Bonchev–Trinajstić information content (AvgIpc) is 1.51. The maximum atomic E-state index is 15.1. The number of phenolic OH excluding ortho intramolecular Hbond substituents is 1. The first-order chi connectivity index (χ1) is 41.6. The number of ether oxygens (including phenoxy) is 2. The fraction of sp³-hybridized carbons (Fsp3) is 0.764. The van der Waals surface area contributed by atoms with Crippen molar-refractivity contribution in [3.63, 3.8) is 0 Å². The van der Waals surface area contributed by atoms with Crippen molar-refractivity contribution in [1.82, 2.24) is 15.5 Å². The number of fused-ring (bicyclic) bond motifs is 3. The summed E-state index contributed by atoms with van der Waals surface area (Å²) in [6.45, 7) is 3.96. The lowest BCUT2D eigenvalue weighted by atomic mass is 9.45. The van der Waals surface area contributed by atoms with Crippen LogP contribution in [0.3, 0.4) is 0 Å².